The maximum atomic E-state index is 11.5. The molecule has 0 aromatic heterocycles. The largest absolute Gasteiger partial charge is 0.506 e. The van der Waals surface area contributed by atoms with E-state index in [1.165, 1.54) is 0 Å². The second kappa shape index (κ2) is 2.84. The van der Waals surface area contributed by atoms with Gasteiger partial charge in [-0.15, -0.1) is 0 Å². The molecule has 2 saturated heterocycles. The van der Waals surface area contributed by atoms with Crippen molar-refractivity contribution in [1.82, 2.24) is 10.5 Å². The molecule has 78 valence electrons. The van der Waals surface area contributed by atoms with Crippen molar-refractivity contribution in [2.24, 2.45) is 5.92 Å². The fourth-order valence-electron chi connectivity index (χ4n) is 1.44. The van der Waals surface area contributed by atoms with E-state index in [1.807, 2.05) is 13.8 Å². The Bertz CT molecular complexity index is 285. The van der Waals surface area contributed by atoms with Crippen LogP contribution in [0.4, 0.5) is 4.79 Å². The van der Waals surface area contributed by atoms with Crippen LogP contribution in [0.15, 0.2) is 0 Å². The zero-order valence-corrected chi connectivity index (χ0v) is 8.07. The Hall–Kier alpha value is -1.30. The molecule has 0 aromatic rings. The predicted molar refractivity (Wildman–Crippen MR) is 44.6 cm³/mol. The summed E-state index contributed by atoms with van der Waals surface area (Å²) < 4.78 is 0. The Balaban J connectivity index is 1.87. The number of carbonyl (C=O) groups is 2. The topological polar surface area (TPSA) is 80.9 Å². The summed E-state index contributed by atoms with van der Waals surface area (Å²) in [6.07, 6.45) is 0.0760. The van der Waals surface area contributed by atoms with Gasteiger partial charge >= 0.3 is 12.1 Å². The van der Waals surface area contributed by atoms with Gasteiger partial charge in [0.2, 0.25) is 0 Å². The van der Waals surface area contributed by atoms with Crippen molar-refractivity contribution in [2.45, 2.75) is 25.8 Å². The van der Waals surface area contributed by atoms with Gasteiger partial charge in [-0.2, -0.15) is 0 Å². The minimum atomic E-state index is -0.626. The number of hydrogen-bond acceptors (Lipinski definition) is 5. The van der Waals surface area contributed by atoms with Gasteiger partial charge in [0.1, 0.15) is 5.54 Å². The number of carbonyl (C=O) groups excluding carboxylic acids is 2. The van der Waals surface area contributed by atoms with Crippen molar-refractivity contribution in [3.05, 3.63) is 0 Å². The van der Waals surface area contributed by atoms with Crippen LogP contribution in [-0.2, 0) is 14.5 Å². The van der Waals surface area contributed by atoms with Crippen LogP contribution in [0.1, 0.15) is 20.3 Å². The average Bonchev–Trinajstić information content (AvgIpc) is 2.92. The molecule has 2 heterocycles. The molecule has 0 saturated carbocycles. The smallest absolute Gasteiger partial charge is 0.298 e. The summed E-state index contributed by atoms with van der Waals surface area (Å²) in [6, 6.07) is 0. The van der Waals surface area contributed by atoms with Gasteiger partial charge in [-0.1, -0.05) is 13.8 Å². The number of nitrogens with one attached hydrogen (secondary N) is 1. The number of amides is 1. The first-order chi connectivity index (χ1) is 6.53. The zero-order chi connectivity index (χ0) is 10.3. The molecular formula is C8H12N2O4. The van der Waals surface area contributed by atoms with E-state index in [4.69, 9.17) is 0 Å². The highest BCUT2D eigenvalue weighted by molar-refractivity contribution is 5.86. The quantitative estimate of drug-likeness (QED) is 0.655. The van der Waals surface area contributed by atoms with Crippen molar-refractivity contribution in [1.29, 1.82) is 0 Å². The summed E-state index contributed by atoms with van der Waals surface area (Å²) in [6.45, 7) is 4.65. The van der Waals surface area contributed by atoms with Crippen molar-refractivity contribution >= 4 is 12.1 Å². The predicted octanol–water partition coefficient (Wildman–Crippen LogP) is 0.200. The Morgan fingerprint density at radius 1 is 1.79 bits per heavy atom. The molecule has 6 heteroatoms. The van der Waals surface area contributed by atoms with Gasteiger partial charge < -0.3 is 0 Å². The standard InChI is InChI=1S/C8H12N2O4/c1-5(2)3-8(4-9-8)6(11)13-10-7(12)14-10/h5,9H,3-4H2,1-2H3. The molecular weight excluding hydrogens is 188 g/mol. The SMILES string of the molecule is CC(C)CC1(C(=O)ON2OC2=O)CN1. The molecule has 14 heavy (non-hydrogen) atoms. The summed E-state index contributed by atoms with van der Waals surface area (Å²) in [7, 11) is 0. The fourth-order valence-corrected chi connectivity index (χ4v) is 1.44. The van der Waals surface area contributed by atoms with Gasteiger partial charge in [-0.05, 0) is 12.3 Å². The van der Waals surface area contributed by atoms with E-state index in [2.05, 4.69) is 15.0 Å². The third-order valence-corrected chi connectivity index (χ3v) is 2.19. The van der Waals surface area contributed by atoms with Gasteiger partial charge in [0.05, 0.1) is 5.23 Å². The van der Waals surface area contributed by atoms with Crippen LogP contribution in [0.25, 0.3) is 0 Å². The Morgan fingerprint density at radius 3 is 2.71 bits per heavy atom. The molecule has 2 rings (SSSR count). The number of nitrogens with zero attached hydrogens (tertiary/aromatic N) is 1. The van der Waals surface area contributed by atoms with Crippen LogP contribution in [0.2, 0.25) is 0 Å². The second-order valence-corrected chi connectivity index (χ2v) is 4.03. The van der Waals surface area contributed by atoms with Gasteiger partial charge in [-0.3, -0.25) is 15.0 Å². The molecule has 0 spiro atoms. The Morgan fingerprint density at radius 2 is 2.36 bits per heavy atom. The summed E-state index contributed by atoms with van der Waals surface area (Å²) >= 11 is 0. The van der Waals surface area contributed by atoms with Crippen LogP contribution in [0.3, 0.4) is 0 Å². The minimum Gasteiger partial charge on any atom is -0.298 e. The van der Waals surface area contributed by atoms with E-state index < -0.39 is 17.6 Å². The third kappa shape index (κ3) is 1.65. The monoisotopic (exact) mass is 200 g/mol. The number of rotatable bonds is 4. The lowest BCUT2D eigenvalue weighted by Crippen LogP contribution is -2.33. The molecule has 0 radical (unpaired) electrons. The molecule has 2 fully saturated rings. The third-order valence-electron chi connectivity index (χ3n) is 2.19. The molecule has 1 atom stereocenters. The van der Waals surface area contributed by atoms with Crippen LogP contribution >= 0.6 is 0 Å². The minimum absolute atomic E-state index is 0.392. The first kappa shape index (κ1) is 9.26. The molecule has 0 aromatic carbocycles. The summed E-state index contributed by atoms with van der Waals surface area (Å²) in [5, 5.41) is 3.55. The first-order valence-corrected chi connectivity index (χ1v) is 4.53. The number of hydroxylamine groups is 2. The molecule has 6 nitrogen and oxygen atoms in total. The van der Waals surface area contributed by atoms with E-state index in [-0.39, 0.29) is 0 Å². The van der Waals surface area contributed by atoms with Gasteiger partial charge in [-0.25, -0.2) is 9.59 Å². The van der Waals surface area contributed by atoms with E-state index in [0.29, 0.717) is 24.1 Å². The highest BCUT2D eigenvalue weighted by Gasteiger charge is 2.54. The zero-order valence-electron chi connectivity index (χ0n) is 8.07. The normalized spacial score (nSPS) is 28.8. The van der Waals surface area contributed by atoms with E-state index >= 15 is 0 Å². The molecule has 0 bridgehead atoms. The molecule has 1 unspecified atom stereocenters. The van der Waals surface area contributed by atoms with Crippen LogP contribution < -0.4 is 5.32 Å². The fraction of sp³-hybridized carbons (Fsp3) is 0.750. The maximum Gasteiger partial charge on any atom is 0.506 e. The highest BCUT2D eigenvalue weighted by Crippen LogP contribution is 2.29. The van der Waals surface area contributed by atoms with Crippen LogP contribution in [-0.4, -0.2) is 29.4 Å². The highest BCUT2D eigenvalue weighted by atomic mass is 17.1. The summed E-state index contributed by atoms with van der Waals surface area (Å²) in [5.41, 5.74) is -0.597. The maximum absolute atomic E-state index is 11.5. The van der Waals surface area contributed by atoms with Crippen molar-refractivity contribution < 1.29 is 19.3 Å². The first-order valence-electron chi connectivity index (χ1n) is 4.53. The summed E-state index contributed by atoms with van der Waals surface area (Å²) in [4.78, 5) is 30.8. The molecule has 1 amide bonds. The van der Waals surface area contributed by atoms with E-state index in [9.17, 15) is 9.59 Å². The van der Waals surface area contributed by atoms with E-state index in [1.54, 1.807) is 0 Å². The lowest BCUT2D eigenvalue weighted by Gasteiger charge is -2.12. The van der Waals surface area contributed by atoms with Crippen molar-refractivity contribution in [3.8, 4) is 0 Å². The lowest BCUT2D eigenvalue weighted by atomic mass is 9.97. The molecule has 2 aliphatic rings. The van der Waals surface area contributed by atoms with Crippen molar-refractivity contribution in [2.75, 3.05) is 6.54 Å². The second-order valence-electron chi connectivity index (χ2n) is 4.03. The van der Waals surface area contributed by atoms with Crippen molar-refractivity contribution in [3.63, 3.8) is 0 Å². The van der Waals surface area contributed by atoms with Gasteiger partial charge in [0, 0.05) is 6.54 Å². The number of hydrogen-bond donors (Lipinski definition) is 1. The molecule has 2 aliphatic heterocycles. The Labute approximate surface area is 81.1 Å². The Kier molecular flexibility index (Phi) is 1.88. The average molecular weight is 200 g/mol. The lowest BCUT2D eigenvalue weighted by molar-refractivity contribution is -0.194. The van der Waals surface area contributed by atoms with E-state index in [0.717, 1.165) is 0 Å². The van der Waals surface area contributed by atoms with Gasteiger partial charge in [0.15, 0.2) is 0 Å². The molecule has 0 aliphatic carbocycles. The summed E-state index contributed by atoms with van der Waals surface area (Å²) in [5.74, 6) is -0.0552. The van der Waals surface area contributed by atoms with Crippen LogP contribution in [0.5, 0.6) is 0 Å². The van der Waals surface area contributed by atoms with Crippen LogP contribution in [0, 0.1) is 5.92 Å². The van der Waals surface area contributed by atoms with Gasteiger partial charge in [0.25, 0.3) is 0 Å². The molecule has 1 N–H and O–H groups in total.